The lowest BCUT2D eigenvalue weighted by Gasteiger charge is -2.28. The standard InChI is InChI=1S/C21H26INO2/c1-20(2,3)16-11-17(21(4,5)6)19(25)18(24)15(16)12-23-14-9-7-13(22)8-10-14/h7-12,24-25H,1-6H3. The molecule has 134 valence electrons. The Morgan fingerprint density at radius 1 is 0.840 bits per heavy atom. The van der Waals surface area contributed by atoms with Gasteiger partial charge in [0.05, 0.1) is 5.69 Å². The molecule has 2 aromatic rings. The highest BCUT2D eigenvalue weighted by atomic mass is 127. The summed E-state index contributed by atoms with van der Waals surface area (Å²) < 4.78 is 1.14. The molecule has 4 heteroatoms. The van der Waals surface area contributed by atoms with Crippen LogP contribution in [0.25, 0.3) is 0 Å². The normalized spacial score (nSPS) is 12.8. The number of aromatic hydroxyl groups is 2. The van der Waals surface area contributed by atoms with Gasteiger partial charge in [-0.25, -0.2) is 0 Å². The van der Waals surface area contributed by atoms with Crippen LogP contribution in [0.3, 0.4) is 0 Å². The van der Waals surface area contributed by atoms with E-state index in [2.05, 4.69) is 48.4 Å². The fourth-order valence-corrected chi connectivity index (χ4v) is 3.02. The molecule has 2 rings (SSSR count). The maximum atomic E-state index is 10.7. The number of nitrogens with zero attached hydrogens (tertiary/aromatic N) is 1. The molecular formula is C21H26INO2. The molecule has 0 saturated carbocycles. The molecule has 0 atom stereocenters. The van der Waals surface area contributed by atoms with Crippen LogP contribution in [0, 0.1) is 3.57 Å². The number of hydrogen-bond acceptors (Lipinski definition) is 3. The first kappa shape index (κ1) is 19.8. The Labute approximate surface area is 164 Å². The quantitative estimate of drug-likeness (QED) is 0.332. The Balaban J connectivity index is 2.64. The summed E-state index contributed by atoms with van der Waals surface area (Å²) in [5.74, 6) is -0.170. The summed E-state index contributed by atoms with van der Waals surface area (Å²) in [5.41, 5.74) is 2.60. The van der Waals surface area contributed by atoms with Crippen molar-refractivity contribution in [3.8, 4) is 11.5 Å². The molecule has 0 aliphatic rings. The first-order chi connectivity index (χ1) is 11.4. The predicted molar refractivity (Wildman–Crippen MR) is 114 cm³/mol. The van der Waals surface area contributed by atoms with Crippen molar-refractivity contribution in [2.75, 3.05) is 0 Å². The molecule has 0 amide bonds. The average Bonchev–Trinajstić information content (AvgIpc) is 2.47. The average molecular weight is 451 g/mol. The van der Waals surface area contributed by atoms with E-state index in [9.17, 15) is 10.2 Å². The third-order valence-corrected chi connectivity index (χ3v) is 4.82. The van der Waals surface area contributed by atoms with E-state index in [0.717, 1.165) is 20.4 Å². The Morgan fingerprint density at radius 2 is 1.36 bits per heavy atom. The van der Waals surface area contributed by atoms with Crippen LogP contribution >= 0.6 is 22.6 Å². The summed E-state index contributed by atoms with van der Waals surface area (Å²) in [7, 11) is 0. The van der Waals surface area contributed by atoms with Crippen molar-refractivity contribution < 1.29 is 10.2 Å². The first-order valence-corrected chi connectivity index (χ1v) is 9.38. The van der Waals surface area contributed by atoms with Gasteiger partial charge in [0.2, 0.25) is 0 Å². The second-order valence-electron chi connectivity index (χ2n) is 8.32. The van der Waals surface area contributed by atoms with Crippen molar-refractivity contribution in [1.82, 2.24) is 0 Å². The largest absolute Gasteiger partial charge is 0.504 e. The van der Waals surface area contributed by atoms with Crippen molar-refractivity contribution in [1.29, 1.82) is 0 Å². The number of benzene rings is 2. The molecule has 0 heterocycles. The number of rotatable bonds is 2. The van der Waals surface area contributed by atoms with Gasteiger partial charge in [-0.1, -0.05) is 47.6 Å². The van der Waals surface area contributed by atoms with E-state index < -0.39 is 0 Å². The summed E-state index contributed by atoms with van der Waals surface area (Å²) in [6.07, 6.45) is 1.64. The van der Waals surface area contributed by atoms with E-state index in [1.54, 1.807) is 6.21 Å². The van der Waals surface area contributed by atoms with Crippen LogP contribution in [-0.2, 0) is 10.8 Å². The zero-order valence-corrected chi connectivity index (χ0v) is 17.8. The maximum absolute atomic E-state index is 10.7. The highest BCUT2D eigenvalue weighted by molar-refractivity contribution is 14.1. The minimum Gasteiger partial charge on any atom is -0.504 e. The molecular weight excluding hydrogens is 425 g/mol. The molecule has 2 aromatic carbocycles. The second-order valence-corrected chi connectivity index (χ2v) is 9.56. The lowest BCUT2D eigenvalue weighted by atomic mass is 9.77. The topological polar surface area (TPSA) is 52.8 Å². The Hall–Kier alpha value is -1.56. The van der Waals surface area contributed by atoms with Crippen molar-refractivity contribution in [3.05, 3.63) is 50.6 Å². The molecule has 0 saturated heterocycles. The van der Waals surface area contributed by atoms with Crippen LogP contribution in [0.1, 0.15) is 58.2 Å². The van der Waals surface area contributed by atoms with Crippen LogP contribution in [0.5, 0.6) is 11.5 Å². The fourth-order valence-electron chi connectivity index (χ4n) is 2.66. The monoisotopic (exact) mass is 451 g/mol. The van der Waals surface area contributed by atoms with Gasteiger partial charge in [-0.2, -0.15) is 0 Å². The van der Waals surface area contributed by atoms with Crippen molar-refractivity contribution in [2.45, 2.75) is 52.4 Å². The molecule has 0 aliphatic heterocycles. The van der Waals surface area contributed by atoms with E-state index in [0.29, 0.717) is 5.56 Å². The van der Waals surface area contributed by atoms with Gasteiger partial charge in [-0.15, -0.1) is 0 Å². The van der Waals surface area contributed by atoms with E-state index in [4.69, 9.17) is 0 Å². The van der Waals surface area contributed by atoms with Crippen molar-refractivity contribution in [2.24, 2.45) is 4.99 Å². The van der Waals surface area contributed by atoms with Gasteiger partial charge >= 0.3 is 0 Å². The van der Waals surface area contributed by atoms with E-state index in [1.807, 2.05) is 51.1 Å². The first-order valence-electron chi connectivity index (χ1n) is 8.31. The van der Waals surface area contributed by atoms with Gasteiger partial charge in [-0.05, 0) is 63.2 Å². The van der Waals surface area contributed by atoms with E-state index in [1.165, 1.54) is 0 Å². The lowest BCUT2D eigenvalue weighted by Crippen LogP contribution is -2.19. The molecule has 0 aromatic heterocycles. The predicted octanol–water partition coefficient (Wildman–Crippen LogP) is 6.05. The number of aliphatic imine (C=N–C) groups is 1. The minimum absolute atomic E-state index is 0.0652. The van der Waals surface area contributed by atoms with Crippen LogP contribution in [0.4, 0.5) is 5.69 Å². The SMILES string of the molecule is CC(C)(C)c1cc(C(C)(C)C)c(C=Nc2ccc(I)cc2)c(O)c1O. The van der Waals surface area contributed by atoms with Crippen LogP contribution in [0.2, 0.25) is 0 Å². The third kappa shape index (κ3) is 4.54. The number of phenols is 2. The third-order valence-electron chi connectivity index (χ3n) is 4.10. The highest BCUT2D eigenvalue weighted by Crippen LogP contribution is 2.43. The Kier molecular flexibility index (Phi) is 5.52. The Bertz CT molecular complexity index is 795. The highest BCUT2D eigenvalue weighted by Gasteiger charge is 2.28. The fraction of sp³-hybridized carbons (Fsp3) is 0.381. The zero-order chi connectivity index (χ0) is 19.0. The van der Waals surface area contributed by atoms with Crippen LogP contribution < -0.4 is 0 Å². The second kappa shape index (κ2) is 6.98. The summed E-state index contributed by atoms with van der Waals surface area (Å²) >= 11 is 2.25. The minimum atomic E-state index is -0.270. The van der Waals surface area contributed by atoms with Gasteiger partial charge in [0.1, 0.15) is 0 Å². The summed E-state index contributed by atoms with van der Waals surface area (Å²) in [6, 6.07) is 9.81. The van der Waals surface area contributed by atoms with Gasteiger partial charge in [0.15, 0.2) is 11.5 Å². The smallest absolute Gasteiger partial charge is 0.167 e. The number of hydrogen-bond donors (Lipinski definition) is 2. The van der Waals surface area contributed by atoms with Crippen LogP contribution in [-0.4, -0.2) is 16.4 Å². The van der Waals surface area contributed by atoms with Gasteiger partial charge in [0.25, 0.3) is 0 Å². The molecule has 25 heavy (non-hydrogen) atoms. The molecule has 0 unspecified atom stereocenters. The van der Waals surface area contributed by atoms with Crippen molar-refractivity contribution in [3.63, 3.8) is 0 Å². The summed E-state index contributed by atoms with van der Waals surface area (Å²) in [6.45, 7) is 12.3. The van der Waals surface area contributed by atoms with E-state index >= 15 is 0 Å². The van der Waals surface area contributed by atoms with Gasteiger partial charge < -0.3 is 10.2 Å². The summed E-state index contributed by atoms with van der Waals surface area (Å²) in [4.78, 5) is 4.49. The Morgan fingerprint density at radius 3 is 1.84 bits per heavy atom. The lowest BCUT2D eigenvalue weighted by molar-refractivity contribution is 0.386. The summed E-state index contributed by atoms with van der Waals surface area (Å²) in [5, 5.41) is 21.2. The van der Waals surface area contributed by atoms with Crippen LogP contribution in [0.15, 0.2) is 35.3 Å². The molecule has 0 spiro atoms. The molecule has 0 aliphatic carbocycles. The van der Waals surface area contributed by atoms with Gasteiger partial charge in [0, 0.05) is 20.9 Å². The molecule has 2 N–H and O–H groups in total. The number of halogens is 1. The molecule has 0 radical (unpaired) electrons. The van der Waals surface area contributed by atoms with Gasteiger partial charge in [-0.3, -0.25) is 4.99 Å². The molecule has 0 bridgehead atoms. The zero-order valence-electron chi connectivity index (χ0n) is 15.7. The van der Waals surface area contributed by atoms with Crippen molar-refractivity contribution >= 4 is 34.5 Å². The molecule has 3 nitrogen and oxygen atoms in total. The van der Waals surface area contributed by atoms with E-state index in [-0.39, 0.29) is 22.3 Å². The molecule has 0 fully saturated rings. The maximum Gasteiger partial charge on any atom is 0.167 e. The number of phenolic OH excluding ortho intramolecular Hbond substituents is 2.